The maximum absolute atomic E-state index is 10.8. The Morgan fingerprint density at radius 2 is 2.15 bits per heavy atom. The number of methoxy groups -OCH3 is 1. The number of rotatable bonds is 3. The number of carbonyl (C=O) groups excluding carboxylic acids is 1. The fraction of sp³-hybridized carbons (Fsp3) is 0.700. The van der Waals surface area contributed by atoms with Crippen molar-refractivity contribution < 1.29 is 9.53 Å². The summed E-state index contributed by atoms with van der Waals surface area (Å²) in [6.45, 7) is 0. The maximum atomic E-state index is 10.8. The summed E-state index contributed by atoms with van der Waals surface area (Å²) in [4.78, 5) is 10.8. The van der Waals surface area contributed by atoms with Crippen LogP contribution in [0.5, 0.6) is 0 Å². The van der Waals surface area contributed by atoms with E-state index in [0.29, 0.717) is 12.3 Å². The quantitative estimate of drug-likeness (QED) is 0.676. The van der Waals surface area contributed by atoms with Gasteiger partial charge in [-0.1, -0.05) is 18.9 Å². The summed E-state index contributed by atoms with van der Waals surface area (Å²) in [5.74, 6) is 0.283. The van der Waals surface area contributed by atoms with E-state index in [1.807, 2.05) is 0 Å². The third-order valence-electron chi connectivity index (χ3n) is 2.56. The van der Waals surface area contributed by atoms with Crippen LogP contribution in [0.15, 0.2) is 11.8 Å². The van der Waals surface area contributed by atoms with E-state index in [2.05, 4.69) is 4.74 Å². The molecule has 0 unspecified atom stereocenters. The number of allylic oxidation sites excluding steroid dienone is 1. The zero-order valence-corrected chi connectivity index (χ0v) is 8.08. The van der Waals surface area contributed by atoms with Crippen LogP contribution in [-0.4, -0.2) is 13.1 Å². The lowest BCUT2D eigenvalue weighted by Crippen LogP contribution is -2.09. The molecule has 0 radical (unpaired) electrons. The lowest BCUT2D eigenvalue weighted by atomic mass is 10.0. The molecule has 74 valence electrons. The van der Waals surface area contributed by atoms with Crippen LogP contribution in [0, 0.1) is 5.92 Å². The molecule has 1 saturated carbocycles. The molecule has 0 saturated heterocycles. The molecule has 1 fully saturated rings. The fourth-order valence-corrected chi connectivity index (χ4v) is 1.71. The summed E-state index contributed by atoms with van der Waals surface area (Å²) in [5, 5.41) is 0. The summed E-state index contributed by atoms with van der Waals surface area (Å²) in [7, 11) is 1.39. The van der Waals surface area contributed by atoms with Gasteiger partial charge >= 0.3 is 5.97 Å². The van der Waals surface area contributed by atoms with Crippen LogP contribution in [0.1, 0.15) is 32.1 Å². The smallest absolute Gasteiger partial charge is 0.309 e. The van der Waals surface area contributed by atoms with Crippen molar-refractivity contribution in [1.82, 2.24) is 0 Å². The van der Waals surface area contributed by atoms with Crippen LogP contribution in [0.2, 0.25) is 0 Å². The number of nitrogens with two attached hydrogens (primary N) is 1. The zero-order valence-electron chi connectivity index (χ0n) is 8.08. The fourth-order valence-electron chi connectivity index (χ4n) is 1.71. The Bertz CT molecular complexity index is 205. The van der Waals surface area contributed by atoms with Gasteiger partial charge in [0.2, 0.25) is 0 Å². The first-order valence-corrected chi connectivity index (χ1v) is 4.76. The molecule has 13 heavy (non-hydrogen) atoms. The van der Waals surface area contributed by atoms with Crippen molar-refractivity contribution in [2.24, 2.45) is 11.7 Å². The number of carbonyl (C=O) groups is 1. The van der Waals surface area contributed by atoms with Crippen LogP contribution in [0.4, 0.5) is 0 Å². The first-order valence-electron chi connectivity index (χ1n) is 4.76. The first kappa shape index (κ1) is 10.1. The van der Waals surface area contributed by atoms with Gasteiger partial charge in [0, 0.05) is 5.70 Å². The van der Waals surface area contributed by atoms with Crippen molar-refractivity contribution in [2.75, 3.05) is 7.11 Å². The molecule has 3 heteroatoms. The predicted octanol–water partition coefficient (Wildman–Crippen LogP) is 1.58. The van der Waals surface area contributed by atoms with E-state index in [4.69, 9.17) is 5.73 Å². The van der Waals surface area contributed by atoms with Crippen LogP contribution in [0.3, 0.4) is 0 Å². The van der Waals surface area contributed by atoms with Crippen molar-refractivity contribution in [2.45, 2.75) is 32.1 Å². The molecule has 0 heterocycles. The molecule has 0 atom stereocenters. The first-order chi connectivity index (χ1) is 6.24. The second kappa shape index (κ2) is 4.90. The van der Waals surface area contributed by atoms with Gasteiger partial charge in [0.1, 0.15) is 0 Å². The van der Waals surface area contributed by atoms with Gasteiger partial charge < -0.3 is 10.5 Å². The van der Waals surface area contributed by atoms with E-state index in [0.717, 1.165) is 5.70 Å². The lowest BCUT2D eigenvalue weighted by molar-refractivity contribution is -0.139. The van der Waals surface area contributed by atoms with Gasteiger partial charge in [0.15, 0.2) is 0 Å². The maximum Gasteiger partial charge on any atom is 0.309 e. The average molecular weight is 183 g/mol. The van der Waals surface area contributed by atoms with E-state index in [1.165, 1.54) is 32.8 Å². The monoisotopic (exact) mass is 183 g/mol. The minimum absolute atomic E-state index is 0.221. The highest BCUT2D eigenvalue weighted by molar-refractivity contribution is 5.71. The molecule has 1 aliphatic carbocycles. The molecule has 3 nitrogen and oxygen atoms in total. The third-order valence-corrected chi connectivity index (χ3v) is 2.56. The van der Waals surface area contributed by atoms with Gasteiger partial charge in [0.25, 0.3) is 0 Å². The normalized spacial score (nSPS) is 19.0. The second-order valence-electron chi connectivity index (χ2n) is 3.47. The molecule has 0 amide bonds. The van der Waals surface area contributed by atoms with Gasteiger partial charge in [0.05, 0.1) is 13.5 Å². The van der Waals surface area contributed by atoms with Crippen LogP contribution >= 0.6 is 0 Å². The van der Waals surface area contributed by atoms with E-state index in [9.17, 15) is 4.79 Å². The number of ether oxygens (including phenoxy) is 1. The standard InChI is InChI=1S/C10H17NO2/c1-13-10(12)7-6-9(11)8-4-2-3-5-8/h6,8H,2-5,7,11H2,1H3. The van der Waals surface area contributed by atoms with Crippen molar-refractivity contribution in [3.05, 3.63) is 11.8 Å². The van der Waals surface area contributed by atoms with Crippen molar-refractivity contribution in [1.29, 1.82) is 0 Å². The van der Waals surface area contributed by atoms with E-state index in [1.54, 1.807) is 6.08 Å². The zero-order chi connectivity index (χ0) is 9.68. The van der Waals surface area contributed by atoms with Crippen LogP contribution < -0.4 is 5.73 Å². The molecular weight excluding hydrogens is 166 g/mol. The Balaban J connectivity index is 2.36. The van der Waals surface area contributed by atoms with Crippen LogP contribution in [-0.2, 0) is 9.53 Å². The highest BCUT2D eigenvalue weighted by Crippen LogP contribution is 2.28. The van der Waals surface area contributed by atoms with Gasteiger partial charge in [-0.15, -0.1) is 0 Å². The molecule has 0 aromatic rings. The topological polar surface area (TPSA) is 52.3 Å². The van der Waals surface area contributed by atoms with Gasteiger partial charge in [-0.25, -0.2) is 0 Å². The molecule has 1 rings (SSSR count). The van der Waals surface area contributed by atoms with Gasteiger partial charge in [-0.3, -0.25) is 4.79 Å². The largest absolute Gasteiger partial charge is 0.469 e. The van der Waals surface area contributed by atoms with Gasteiger partial charge in [-0.2, -0.15) is 0 Å². The second-order valence-corrected chi connectivity index (χ2v) is 3.47. The average Bonchev–Trinajstić information content (AvgIpc) is 2.66. The molecular formula is C10H17NO2. The highest BCUT2D eigenvalue weighted by Gasteiger charge is 2.17. The van der Waals surface area contributed by atoms with E-state index < -0.39 is 0 Å². The lowest BCUT2D eigenvalue weighted by Gasteiger charge is -2.08. The summed E-state index contributed by atoms with van der Waals surface area (Å²) >= 11 is 0. The van der Waals surface area contributed by atoms with Gasteiger partial charge in [-0.05, 0) is 18.8 Å². The molecule has 0 bridgehead atoms. The number of hydrogen-bond acceptors (Lipinski definition) is 3. The number of esters is 1. The van der Waals surface area contributed by atoms with Crippen LogP contribution in [0.25, 0.3) is 0 Å². The summed E-state index contributed by atoms with van der Waals surface area (Å²) in [5.41, 5.74) is 6.70. The Labute approximate surface area is 78.9 Å². The molecule has 0 aliphatic heterocycles. The minimum atomic E-state index is -0.221. The highest BCUT2D eigenvalue weighted by atomic mass is 16.5. The van der Waals surface area contributed by atoms with Crippen molar-refractivity contribution >= 4 is 5.97 Å². The number of hydrogen-bond donors (Lipinski definition) is 1. The molecule has 0 aromatic heterocycles. The summed E-state index contributed by atoms with van der Waals surface area (Å²) < 4.78 is 4.52. The Hall–Kier alpha value is -0.990. The Morgan fingerprint density at radius 3 is 2.69 bits per heavy atom. The third kappa shape index (κ3) is 3.09. The van der Waals surface area contributed by atoms with E-state index >= 15 is 0 Å². The molecule has 0 aromatic carbocycles. The van der Waals surface area contributed by atoms with Crippen molar-refractivity contribution in [3.8, 4) is 0 Å². The minimum Gasteiger partial charge on any atom is -0.469 e. The van der Waals surface area contributed by atoms with E-state index in [-0.39, 0.29) is 5.97 Å². The Kier molecular flexibility index (Phi) is 3.80. The molecule has 2 N–H and O–H groups in total. The molecule has 1 aliphatic rings. The summed E-state index contributed by atoms with van der Waals surface area (Å²) in [6.07, 6.45) is 6.96. The van der Waals surface area contributed by atoms with Crippen molar-refractivity contribution in [3.63, 3.8) is 0 Å². The molecule has 0 spiro atoms. The SMILES string of the molecule is COC(=O)CC=C(N)C1CCCC1. The predicted molar refractivity (Wildman–Crippen MR) is 50.9 cm³/mol. The summed E-state index contributed by atoms with van der Waals surface area (Å²) in [6, 6.07) is 0. The Morgan fingerprint density at radius 1 is 1.54 bits per heavy atom.